The molecule has 92 valence electrons. The van der Waals surface area contributed by atoms with E-state index in [9.17, 15) is 19.8 Å². The fourth-order valence-corrected chi connectivity index (χ4v) is 0.610. The van der Waals surface area contributed by atoms with Crippen LogP contribution in [-0.4, -0.2) is 11.9 Å². The van der Waals surface area contributed by atoms with Gasteiger partial charge in [-0.3, -0.25) is 0 Å². The molecule has 0 amide bonds. The van der Waals surface area contributed by atoms with Crippen molar-refractivity contribution in [2.24, 2.45) is 0 Å². The lowest BCUT2D eigenvalue weighted by Crippen LogP contribution is -2.23. The Morgan fingerprint density at radius 3 is 1.94 bits per heavy atom. The summed E-state index contributed by atoms with van der Waals surface area (Å²) < 4.78 is 0. The molecule has 0 fully saturated rings. The zero-order valence-corrected chi connectivity index (χ0v) is 10.0. The van der Waals surface area contributed by atoms with Crippen molar-refractivity contribution in [3.63, 3.8) is 0 Å². The van der Waals surface area contributed by atoms with Gasteiger partial charge in [0, 0.05) is 0 Å². The van der Waals surface area contributed by atoms with Crippen molar-refractivity contribution in [3.8, 4) is 0 Å². The van der Waals surface area contributed by atoms with Crippen LogP contribution in [0, 0.1) is 0 Å². The Balaban J connectivity index is 0. The average molecular weight is 226 g/mol. The summed E-state index contributed by atoms with van der Waals surface area (Å²) in [5, 5.41) is 19.7. The number of carbonyl (C=O) groups excluding carboxylic acids is 2. The Bertz CT molecular complexity index is 277. The standard InChI is InChI=1S/C7H12O2.C5H8O2/c1-3-4-5-6(2)7(8)9;1-3-4(2)5(6)7/h2-5H2,1H3,(H,8,9);3H,1-2H3,(H,6,7)/p-2/b;4-3+. The summed E-state index contributed by atoms with van der Waals surface area (Å²) >= 11 is 0. The van der Waals surface area contributed by atoms with Crippen LogP contribution in [0.15, 0.2) is 23.8 Å². The highest BCUT2D eigenvalue weighted by Gasteiger charge is 1.91. The Kier molecular flexibility index (Phi) is 10.5. The number of carboxylic acid groups (broad SMARTS) is 2. The van der Waals surface area contributed by atoms with Crippen molar-refractivity contribution in [2.75, 3.05) is 0 Å². The summed E-state index contributed by atoms with van der Waals surface area (Å²) in [6, 6.07) is 0. The van der Waals surface area contributed by atoms with Crippen LogP contribution in [0.2, 0.25) is 0 Å². The number of allylic oxidation sites excluding steroid dienone is 1. The molecule has 0 atom stereocenters. The monoisotopic (exact) mass is 226 g/mol. The summed E-state index contributed by atoms with van der Waals surface area (Å²) in [5.41, 5.74) is 0.483. The zero-order chi connectivity index (χ0) is 13.1. The van der Waals surface area contributed by atoms with Crippen molar-refractivity contribution in [3.05, 3.63) is 23.8 Å². The van der Waals surface area contributed by atoms with E-state index in [1.807, 2.05) is 6.92 Å². The van der Waals surface area contributed by atoms with E-state index in [2.05, 4.69) is 6.58 Å². The van der Waals surface area contributed by atoms with E-state index in [1.54, 1.807) is 6.92 Å². The predicted octanol–water partition coefficient (Wildman–Crippen LogP) is 0.185. The molecule has 0 aromatic carbocycles. The summed E-state index contributed by atoms with van der Waals surface area (Å²) in [7, 11) is 0. The first kappa shape index (κ1) is 16.8. The SMILES string of the molecule is C/C=C(\C)C(=O)[O-].C=C(CCCC)C(=O)[O-]. The van der Waals surface area contributed by atoms with E-state index >= 15 is 0 Å². The van der Waals surface area contributed by atoms with Crippen LogP contribution in [0.4, 0.5) is 0 Å². The highest BCUT2D eigenvalue weighted by molar-refractivity contribution is 5.83. The average Bonchev–Trinajstić information content (AvgIpc) is 2.25. The number of unbranched alkanes of at least 4 members (excludes halogenated alkanes) is 1. The van der Waals surface area contributed by atoms with Crippen LogP contribution in [0.5, 0.6) is 0 Å². The minimum atomic E-state index is -1.12. The van der Waals surface area contributed by atoms with Crippen LogP contribution in [-0.2, 0) is 9.59 Å². The van der Waals surface area contributed by atoms with Crippen molar-refractivity contribution >= 4 is 11.9 Å². The van der Waals surface area contributed by atoms with E-state index in [1.165, 1.54) is 13.0 Å². The molecule has 0 heterocycles. The molecule has 0 spiro atoms. The molecule has 0 radical (unpaired) electrons. The molecule has 0 aliphatic rings. The molecule has 16 heavy (non-hydrogen) atoms. The number of aliphatic carboxylic acids is 2. The van der Waals surface area contributed by atoms with Gasteiger partial charge in [0.25, 0.3) is 0 Å². The normalized spacial score (nSPS) is 10.1. The van der Waals surface area contributed by atoms with E-state index in [4.69, 9.17) is 0 Å². The van der Waals surface area contributed by atoms with E-state index in [0.717, 1.165) is 12.8 Å². The first-order valence-electron chi connectivity index (χ1n) is 5.10. The molecule has 0 saturated carbocycles. The number of hydrogen-bond donors (Lipinski definition) is 0. The largest absolute Gasteiger partial charge is 0.545 e. The number of carboxylic acids is 2. The summed E-state index contributed by atoms with van der Waals surface area (Å²) in [6.07, 6.45) is 3.92. The predicted molar refractivity (Wildman–Crippen MR) is 58.1 cm³/mol. The molecule has 4 heteroatoms. The third-order valence-corrected chi connectivity index (χ3v) is 1.88. The van der Waals surface area contributed by atoms with Gasteiger partial charge in [-0.25, -0.2) is 0 Å². The van der Waals surface area contributed by atoms with Gasteiger partial charge in [-0.05, 0) is 37.8 Å². The van der Waals surface area contributed by atoms with E-state index < -0.39 is 11.9 Å². The van der Waals surface area contributed by atoms with Gasteiger partial charge in [-0.15, -0.1) is 0 Å². The zero-order valence-electron chi connectivity index (χ0n) is 10.0. The Hall–Kier alpha value is -1.58. The molecule has 0 aromatic rings. The topological polar surface area (TPSA) is 80.3 Å². The molecule has 0 aromatic heterocycles. The van der Waals surface area contributed by atoms with Crippen molar-refractivity contribution in [1.29, 1.82) is 0 Å². The van der Waals surface area contributed by atoms with Gasteiger partial charge >= 0.3 is 0 Å². The van der Waals surface area contributed by atoms with Gasteiger partial charge in [0.05, 0.1) is 11.9 Å². The molecule has 0 aliphatic carbocycles. The van der Waals surface area contributed by atoms with Crippen LogP contribution in [0.3, 0.4) is 0 Å². The van der Waals surface area contributed by atoms with Gasteiger partial charge in [0.15, 0.2) is 0 Å². The third kappa shape index (κ3) is 10.5. The molecule has 0 N–H and O–H groups in total. The molecular formula is C12H18O4-2. The summed E-state index contributed by atoms with van der Waals surface area (Å²) in [6.45, 7) is 8.49. The minimum Gasteiger partial charge on any atom is -0.545 e. The van der Waals surface area contributed by atoms with Crippen LogP contribution in [0.25, 0.3) is 0 Å². The van der Waals surface area contributed by atoms with E-state index in [0.29, 0.717) is 6.42 Å². The lowest BCUT2D eigenvalue weighted by Gasteiger charge is -2.03. The van der Waals surface area contributed by atoms with Crippen molar-refractivity contribution in [1.82, 2.24) is 0 Å². The van der Waals surface area contributed by atoms with Gasteiger partial charge < -0.3 is 19.8 Å². The highest BCUT2D eigenvalue weighted by Crippen LogP contribution is 2.02. The lowest BCUT2D eigenvalue weighted by atomic mass is 10.1. The highest BCUT2D eigenvalue weighted by atomic mass is 16.4. The summed E-state index contributed by atoms with van der Waals surface area (Å²) in [4.78, 5) is 19.7. The molecule has 4 nitrogen and oxygen atoms in total. The number of rotatable bonds is 5. The Morgan fingerprint density at radius 1 is 1.25 bits per heavy atom. The molecular weight excluding hydrogens is 208 g/mol. The summed E-state index contributed by atoms with van der Waals surface area (Å²) in [5.74, 6) is -2.22. The second kappa shape index (κ2) is 9.96. The Morgan fingerprint density at radius 2 is 1.75 bits per heavy atom. The van der Waals surface area contributed by atoms with Gasteiger partial charge in [-0.1, -0.05) is 26.0 Å². The van der Waals surface area contributed by atoms with Crippen LogP contribution < -0.4 is 10.2 Å². The first-order chi connectivity index (χ1) is 7.36. The van der Waals surface area contributed by atoms with Gasteiger partial charge in [-0.2, -0.15) is 0 Å². The maximum absolute atomic E-state index is 9.99. The smallest absolute Gasteiger partial charge is 0.0668 e. The molecule has 0 aliphatic heterocycles. The van der Waals surface area contributed by atoms with Crippen molar-refractivity contribution < 1.29 is 19.8 Å². The number of hydrogen-bond acceptors (Lipinski definition) is 4. The number of carbonyl (C=O) groups is 2. The second-order valence-electron chi connectivity index (χ2n) is 3.25. The van der Waals surface area contributed by atoms with Crippen molar-refractivity contribution in [2.45, 2.75) is 40.0 Å². The maximum Gasteiger partial charge on any atom is 0.0668 e. The maximum atomic E-state index is 9.99. The van der Waals surface area contributed by atoms with Crippen LogP contribution >= 0.6 is 0 Å². The fourth-order valence-electron chi connectivity index (χ4n) is 0.610. The van der Waals surface area contributed by atoms with E-state index in [-0.39, 0.29) is 11.1 Å². The Labute approximate surface area is 96.3 Å². The molecule has 0 saturated heterocycles. The molecule has 0 unspecified atom stereocenters. The molecule has 0 bridgehead atoms. The molecule has 0 rings (SSSR count). The van der Waals surface area contributed by atoms with Gasteiger partial charge in [0.1, 0.15) is 0 Å². The van der Waals surface area contributed by atoms with Gasteiger partial charge in [0.2, 0.25) is 0 Å². The first-order valence-corrected chi connectivity index (χ1v) is 5.10. The fraction of sp³-hybridized carbons (Fsp3) is 0.500. The lowest BCUT2D eigenvalue weighted by molar-refractivity contribution is -0.300. The second-order valence-corrected chi connectivity index (χ2v) is 3.25. The van der Waals surface area contributed by atoms with Crippen LogP contribution in [0.1, 0.15) is 40.0 Å². The minimum absolute atomic E-state index is 0.205. The quantitative estimate of drug-likeness (QED) is 0.626. The third-order valence-electron chi connectivity index (χ3n) is 1.88.